The Morgan fingerprint density at radius 1 is 1.11 bits per heavy atom. The highest BCUT2D eigenvalue weighted by Crippen LogP contribution is 2.28. The number of benzene rings is 2. The van der Waals surface area contributed by atoms with E-state index in [-0.39, 0.29) is 22.6 Å². The number of carbonyl (C=O) groups excluding carboxylic acids is 1. The predicted octanol–water partition coefficient (Wildman–Crippen LogP) is 3.66. The van der Waals surface area contributed by atoms with Crippen molar-refractivity contribution >= 4 is 17.3 Å². The summed E-state index contributed by atoms with van der Waals surface area (Å²) in [6.07, 6.45) is 0. The highest BCUT2D eigenvalue weighted by Gasteiger charge is 2.18. The molecule has 0 atom stereocenters. The second-order valence-corrected chi connectivity index (χ2v) is 5.54. The zero-order valence-electron chi connectivity index (χ0n) is 14.4. The molecule has 8 heteroatoms. The third kappa shape index (κ3) is 4.00. The number of rotatable bonds is 6. The molecule has 0 saturated carbocycles. The molecule has 27 heavy (non-hydrogen) atoms. The first-order valence-electron chi connectivity index (χ1n) is 8.11. The van der Waals surface area contributed by atoms with Gasteiger partial charge in [0.25, 0.3) is 5.91 Å². The van der Waals surface area contributed by atoms with E-state index in [1.165, 1.54) is 12.1 Å². The fourth-order valence-corrected chi connectivity index (χ4v) is 2.49. The van der Waals surface area contributed by atoms with E-state index in [0.717, 1.165) is 12.1 Å². The molecule has 0 aliphatic heterocycles. The van der Waals surface area contributed by atoms with Gasteiger partial charge in [-0.3, -0.25) is 4.79 Å². The molecule has 3 rings (SSSR count). The van der Waals surface area contributed by atoms with Crippen molar-refractivity contribution in [1.29, 1.82) is 0 Å². The third-order valence-corrected chi connectivity index (χ3v) is 3.69. The average Bonchev–Trinajstić information content (AvgIpc) is 2.63. The SMILES string of the molecule is CCOc1ccc(Nc2cc(-c3c(F)cccc3F)nnc2C(N)=O)cc1. The molecular formula is C19H16F2N4O2. The Kier molecular flexibility index (Phi) is 5.25. The predicted molar refractivity (Wildman–Crippen MR) is 96.8 cm³/mol. The third-order valence-electron chi connectivity index (χ3n) is 3.69. The molecule has 0 saturated heterocycles. The molecule has 6 nitrogen and oxygen atoms in total. The minimum Gasteiger partial charge on any atom is -0.494 e. The standard InChI is InChI=1S/C19H16F2N4O2/c1-2-27-12-8-6-11(7-9-12)23-16-10-15(24-25-18(16)19(22)26)17-13(20)4-3-5-14(17)21/h3-10H,2H2,1H3,(H2,22,26)(H,23,24). The van der Waals surface area contributed by atoms with Crippen LogP contribution in [0.4, 0.5) is 20.2 Å². The van der Waals surface area contributed by atoms with Crippen molar-refractivity contribution in [3.8, 4) is 17.0 Å². The van der Waals surface area contributed by atoms with E-state index in [4.69, 9.17) is 10.5 Å². The average molecular weight is 370 g/mol. The largest absolute Gasteiger partial charge is 0.494 e. The Morgan fingerprint density at radius 3 is 2.37 bits per heavy atom. The first kappa shape index (κ1) is 18.2. The molecule has 3 aromatic rings. The summed E-state index contributed by atoms with van der Waals surface area (Å²) in [5, 5.41) is 10.4. The highest BCUT2D eigenvalue weighted by molar-refractivity contribution is 5.97. The van der Waals surface area contributed by atoms with Crippen LogP contribution >= 0.6 is 0 Å². The van der Waals surface area contributed by atoms with Gasteiger partial charge >= 0.3 is 0 Å². The Labute approximate surface area is 154 Å². The van der Waals surface area contributed by atoms with Crippen LogP contribution in [0.3, 0.4) is 0 Å². The van der Waals surface area contributed by atoms with Crippen molar-refractivity contribution in [3.63, 3.8) is 0 Å². The van der Waals surface area contributed by atoms with Gasteiger partial charge in [0, 0.05) is 5.69 Å². The minimum atomic E-state index is -0.823. The summed E-state index contributed by atoms with van der Waals surface area (Å²) in [4.78, 5) is 11.6. The lowest BCUT2D eigenvalue weighted by atomic mass is 10.1. The van der Waals surface area contributed by atoms with E-state index in [0.29, 0.717) is 18.0 Å². The van der Waals surface area contributed by atoms with Crippen molar-refractivity contribution in [3.05, 3.63) is 65.9 Å². The van der Waals surface area contributed by atoms with Crippen LogP contribution in [-0.2, 0) is 0 Å². The number of amides is 1. The molecule has 0 radical (unpaired) electrons. The first-order valence-corrected chi connectivity index (χ1v) is 8.11. The molecule has 0 spiro atoms. The smallest absolute Gasteiger partial charge is 0.271 e. The Balaban J connectivity index is 2.01. The van der Waals surface area contributed by atoms with Gasteiger partial charge in [-0.05, 0) is 49.4 Å². The van der Waals surface area contributed by atoms with Crippen LogP contribution in [0, 0.1) is 11.6 Å². The molecule has 0 fully saturated rings. The topological polar surface area (TPSA) is 90.1 Å². The maximum Gasteiger partial charge on any atom is 0.271 e. The summed E-state index contributed by atoms with van der Waals surface area (Å²) in [6.45, 7) is 2.40. The molecule has 3 N–H and O–H groups in total. The molecule has 0 aliphatic carbocycles. The second kappa shape index (κ2) is 7.77. The number of carbonyl (C=O) groups is 1. The number of primary amides is 1. The number of nitrogens with two attached hydrogens (primary N) is 1. The van der Waals surface area contributed by atoms with E-state index < -0.39 is 17.5 Å². The van der Waals surface area contributed by atoms with Gasteiger partial charge < -0.3 is 15.8 Å². The zero-order valence-corrected chi connectivity index (χ0v) is 14.4. The van der Waals surface area contributed by atoms with Gasteiger partial charge in [0.1, 0.15) is 23.1 Å². The van der Waals surface area contributed by atoms with Crippen molar-refractivity contribution < 1.29 is 18.3 Å². The highest BCUT2D eigenvalue weighted by atomic mass is 19.1. The number of hydrogen-bond acceptors (Lipinski definition) is 5. The monoisotopic (exact) mass is 370 g/mol. The van der Waals surface area contributed by atoms with Gasteiger partial charge in [-0.2, -0.15) is 0 Å². The summed E-state index contributed by atoms with van der Waals surface area (Å²) in [7, 11) is 0. The van der Waals surface area contributed by atoms with Crippen molar-refractivity contribution in [1.82, 2.24) is 10.2 Å². The summed E-state index contributed by atoms with van der Waals surface area (Å²) in [5.41, 5.74) is 5.56. The molecule has 0 unspecified atom stereocenters. The molecule has 1 heterocycles. The maximum absolute atomic E-state index is 14.0. The van der Waals surface area contributed by atoms with E-state index in [1.54, 1.807) is 24.3 Å². The van der Waals surface area contributed by atoms with E-state index >= 15 is 0 Å². The zero-order chi connectivity index (χ0) is 19.4. The maximum atomic E-state index is 14.0. The number of nitrogens with zero attached hydrogens (tertiary/aromatic N) is 2. The normalized spacial score (nSPS) is 10.5. The van der Waals surface area contributed by atoms with Gasteiger partial charge in [-0.25, -0.2) is 8.78 Å². The van der Waals surface area contributed by atoms with Gasteiger partial charge in [0.15, 0.2) is 5.69 Å². The number of aromatic nitrogens is 2. The van der Waals surface area contributed by atoms with Gasteiger partial charge in [0.2, 0.25) is 0 Å². The first-order chi connectivity index (χ1) is 13.0. The van der Waals surface area contributed by atoms with Gasteiger partial charge in [-0.1, -0.05) is 6.07 Å². The van der Waals surface area contributed by atoms with Crippen LogP contribution in [0.1, 0.15) is 17.4 Å². The Hall–Kier alpha value is -3.55. The second-order valence-electron chi connectivity index (χ2n) is 5.54. The van der Waals surface area contributed by atoms with Crippen LogP contribution in [0.2, 0.25) is 0 Å². The summed E-state index contributed by atoms with van der Waals surface area (Å²) >= 11 is 0. The van der Waals surface area contributed by atoms with Crippen LogP contribution in [0.15, 0.2) is 48.5 Å². The number of ether oxygens (including phenoxy) is 1. The van der Waals surface area contributed by atoms with Crippen LogP contribution in [0.25, 0.3) is 11.3 Å². The minimum absolute atomic E-state index is 0.0657. The lowest BCUT2D eigenvalue weighted by Crippen LogP contribution is -2.16. The fourth-order valence-electron chi connectivity index (χ4n) is 2.49. The van der Waals surface area contributed by atoms with Crippen LogP contribution < -0.4 is 15.8 Å². The molecule has 1 aromatic heterocycles. The molecule has 1 amide bonds. The lowest BCUT2D eigenvalue weighted by Gasteiger charge is -2.12. The molecule has 2 aromatic carbocycles. The van der Waals surface area contributed by atoms with Gasteiger partial charge in [0.05, 0.1) is 17.9 Å². The lowest BCUT2D eigenvalue weighted by molar-refractivity contribution is 0.0995. The van der Waals surface area contributed by atoms with Crippen LogP contribution in [-0.4, -0.2) is 22.7 Å². The van der Waals surface area contributed by atoms with Crippen LogP contribution in [0.5, 0.6) is 5.75 Å². The van der Waals surface area contributed by atoms with Gasteiger partial charge in [-0.15, -0.1) is 10.2 Å². The van der Waals surface area contributed by atoms with Crippen molar-refractivity contribution in [2.24, 2.45) is 5.73 Å². The number of hydrogen-bond donors (Lipinski definition) is 2. The summed E-state index contributed by atoms with van der Waals surface area (Å²) in [6, 6.07) is 11.7. The fraction of sp³-hybridized carbons (Fsp3) is 0.105. The quantitative estimate of drug-likeness (QED) is 0.691. The summed E-state index contributed by atoms with van der Waals surface area (Å²) < 4.78 is 33.4. The Bertz CT molecular complexity index is 958. The molecule has 0 aliphatic rings. The van der Waals surface area contributed by atoms with E-state index in [9.17, 15) is 13.6 Å². The van der Waals surface area contributed by atoms with Crippen molar-refractivity contribution in [2.45, 2.75) is 6.92 Å². The molecule has 138 valence electrons. The Morgan fingerprint density at radius 2 is 1.78 bits per heavy atom. The molecule has 0 bridgehead atoms. The summed E-state index contributed by atoms with van der Waals surface area (Å²) in [5.74, 6) is -1.72. The number of anilines is 2. The van der Waals surface area contributed by atoms with E-state index in [2.05, 4.69) is 15.5 Å². The number of halogens is 2. The van der Waals surface area contributed by atoms with Crippen molar-refractivity contribution in [2.75, 3.05) is 11.9 Å². The molecular weight excluding hydrogens is 354 g/mol. The number of nitrogens with one attached hydrogen (secondary N) is 1. The van der Waals surface area contributed by atoms with E-state index in [1.807, 2.05) is 6.92 Å².